The fourth-order valence-corrected chi connectivity index (χ4v) is 2.42. The Bertz CT molecular complexity index is 886. The molecule has 0 aliphatic rings. The number of nitrogens with zero attached hydrogens (tertiary/aromatic N) is 2. The van der Waals surface area contributed by atoms with E-state index in [1.165, 1.54) is 0 Å². The lowest BCUT2D eigenvalue weighted by Gasteiger charge is -2.12. The molecule has 0 spiro atoms. The summed E-state index contributed by atoms with van der Waals surface area (Å²) >= 11 is 0. The molecule has 0 saturated heterocycles. The van der Waals surface area contributed by atoms with E-state index in [9.17, 15) is 0 Å². The van der Waals surface area contributed by atoms with Gasteiger partial charge in [-0.2, -0.15) is 4.98 Å². The largest absolute Gasteiger partial charge is 0.495 e. The number of hydrogen-bond donors (Lipinski definition) is 2. The van der Waals surface area contributed by atoms with Crippen molar-refractivity contribution in [3.8, 4) is 17.2 Å². The predicted molar refractivity (Wildman–Crippen MR) is 101 cm³/mol. The molecule has 0 aliphatic heterocycles. The molecular weight excluding hydrogens is 332 g/mol. The Labute approximate surface area is 152 Å². The summed E-state index contributed by atoms with van der Waals surface area (Å²) in [6.07, 6.45) is 1.67. The van der Waals surface area contributed by atoms with E-state index in [0.717, 1.165) is 17.1 Å². The highest BCUT2D eigenvalue weighted by molar-refractivity contribution is 5.65. The van der Waals surface area contributed by atoms with Crippen LogP contribution in [0.3, 0.4) is 0 Å². The van der Waals surface area contributed by atoms with E-state index in [0.29, 0.717) is 23.3 Å². The third kappa shape index (κ3) is 3.94. The van der Waals surface area contributed by atoms with Gasteiger partial charge in [-0.1, -0.05) is 12.1 Å². The highest BCUT2D eigenvalue weighted by Gasteiger charge is 2.07. The summed E-state index contributed by atoms with van der Waals surface area (Å²) < 4.78 is 15.9. The lowest BCUT2D eigenvalue weighted by atomic mass is 10.3. The van der Waals surface area contributed by atoms with Crippen molar-refractivity contribution >= 4 is 23.1 Å². The van der Waals surface area contributed by atoms with Crippen molar-refractivity contribution in [2.45, 2.75) is 0 Å². The zero-order valence-corrected chi connectivity index (χ0v) is 14.8. The SMILES string of the molecule is COc1ccccc1Nc1ccnc(Nc2ccc(OC)c(OC)c2)n1. The number of anilines is 4. The normalized spacial score (nSPS) is 10.1. The summed E-state index contributed by atoms with van der Waals surface area (Å²) in [5.41, 5.74) is 1.61. The Kier molecular flexibility index (Phi) is 5.38. The first-order valence-corrected chi connectivity index (χ1v) is 7.95. The van der Waals surface area contributed by atoms with Crippen molar-refractivity contribution in [2.75, 3.05) is 32.0 Å². The summed E-state index contributed by atoms with van der Waals surface area (Å²) in [4.78, 5) is 8.73. The van der Waals surface area contributed by atoms with Crippen LogP contribution in [0.1, 0.15) is 0 Å². The lowest BCUT2D eigenvalue weighted by molar-refractivity contribution is 0.355. The van der Waals surface area contributed by atoms with Crippen molar-refractivity contribution in [3.05, 3.63) is 54.7 Å². The van der Waals surface area contributed by atoms with Crippen LogP contribution in [-0.4, -0.2) is 31.3 Å². The first-order chi connectivity index (χ1) is 12.7. The van der Waals surface area contributed by atoms with E-state index in [2.05, 4.69) is 20.6 Å². The van der Waals surface area contributed by atoms with E-state index >= 15 is 0 Å². The zero-order valence-electron chi connectivity index (χ0n) is 14.8. The quantitative estimate of drug-likeness (QED) is 0.666. The van der Waals surface area contributed by atoms with Crippen molar-refractivity contribution in [1.29, 1.82) is 0 Å². The molecule has 26 heavy (non-hydrogen) atoms. The number of methoxy groups -OCH3 is 3. The van der Waals surface area contributed by atoms with Crippen molar-refractivity contribution in [3.63, 3.8) is 0 Å². The molecule has 2 N–H and O–H groups in total. The molecule has 0 amide bonds. The molecule has 1 aromatic heterocycles. The summed E-state index contributed by atoms with van der Waals surface area (Å²) in [6, 6.07) is 14.9. The van der Waals surface area contributed by atoms with Gasteiger partial charge >= 0.3 is 0 Å². The standard InChI is InChI=1S/C19H20N4O3/c1-24-15-7-5-4-6-14(15)22-18-10-11-20-19(23-18)21-13-8-9-16(25-2)17(12-13)26-3/h4-12H,1-3H3,(H2,20,21,22,23). The van der Waals surface area contributed by atoms with Crippen LogP contribution in [0.2, 0.25) is 0 Å². The maximum atomic E-state index is 5.34. The van der Waals surface area contributed by atoms with Crippen LogP contribution in [0.4, 0.5) is 23.1 Å². The zero-order chi connectivity index (χ0) is 18.4. The minimum Gasteiger partial charge on any atom is -0.495 e. The third-order valence-corrected chi connectivity index (χ3v) is 3.66. The average Bonchev–Trinajstić information content (AvgIpc) is 2.68. The average molecular weight is 352 g/mol. The second-order valence-electron chi connectivity index (χ2n) is 5.29. The van der Waals surface area contributed by atoms with Gasteiger partial charge in [0.25, 0.3) is 0 Å². The summed E-state index contributed by atoms with van der Waals surface area (Å²) in [7, 11) is 4.82. The highest BCUT2D eigenvalue weighted by Crippen LogP contribution is 2.31. The maximum Gasteiger partial charge on any atom is 0.229 e. The van der Waals surface area contributed by atoms with Gasteiger partial charge in [0.05, 0.1) is 27.0 Å². The molecule has 0 unspecified atom stereocenters. The number of benzene rings is 2. The summed E-state index contributed by atoms with van der Waals surface area (Å²) in [6.45, 7) is 0. The first kappa shape index (κ1) is 17.3. The van der Waals surface area contributed by atoms with Crippen LogP contribution in [0.15, 0.2) is 54.7 Å². The van der Waals surface area contributed by atoms with Crippen molar-refractivity contribution in [1.82, 2.24) is 9.97 Å². The molecule has 0 bridgehead atoms. The van der Waals surface area contributed by atoms with Gasteiger partial charge in [-0.25, -0.2) is 4.98 Å². The number of rotatable bonds is 7. The van der Waals surface area contributed by atoms with Crippen molar-refractivity contribution in [2.24, 2.45) is 0 Å². The molecule has 1 heterocycles. The van der Waals surface area contributed by atoms with E-state index in [4.69, 9.17) is 14.2 Å². The third-order valence-electron chi connectivity index (χ3n) is 3.66. The molecule has 134 valence electrons. The van der Waals surface area contributed by atoms with Gasteiger partial charge in [0, 0.05) is 18.0 Å². The smallest absolute Gasteiger partial charge is 0.229 e. The number of nitrogens with one attached hydrogen (secondary N) is 2. The predicted octanol–water partition coefficient (Wildman–Crippen LogP) is 3.99. The summed E-state index contributed by atoms with van der Waals surface area (Å²) in [5.74, 6) is 3.12. The van der Waals surface area contributed by atoms with Gasteiger partial charge in [0.1, 0.15) is 11.6 Å². The van der Waals surface area contributed by atoms with Crippen LogP contribution in [0, 0.1) is 0 Å². The van der Waals surface area contributed by atoms with Crippen LogP contribution in [0.5, 0.6) is 17.2 Å². The Hall–Kier alpha value is -3.48. The Morgan fingerprint density at radius 2 is 1.54 bits per heavy atom. The number of ether oxygens (including phenoxy) is 3. The topological polar surface area (TPSA) is 77.5 Å². The van der Waals surface area contributed by atoms with Crippen LogP contribution in [-0.2, 0) is 0 Å². The molecule has 2 aromatic carbocycles. The van der Waals surface area contributed by atoms with E-state index < -0.39 is 0 Å². The molecule has 0 aliphatic carbocycles. The fourth-order valence-electron chi connectivity index (χ4n) is 2.42. The van der Waals surface area contributed by atoms with Crippen LogP contribution in [0.25, 0.3) is 0 Å². The van der Waals surface area contributed by atoms with Gasteiger partial charge in [0.15, 0.2) is 11.5 Å². The second-order valence-corrected chi connectivity index (χ2v) is 5.29. The Morgan fingerprint density at radius 1 is 0.769 bits per heavy atom. The minimum absolute atomic E-state index is 0.456. The molecule has 7 nitrogen and oxygen atoms in total. The number of aromatic nitrogens is 2. The molecular formula is C19H20N4O3. The fraction of sp³-hybridized carbons (Fsp3) is 0.158. The van der Waals surface area contributed by atoms with Gasteiger partial charge < -0.3 is 24.8 Å². The van der Waals surface area contributed by atoms with E-state index in [-0.39, 0.29) is 0 Å². The van der Waals surface area contributed by atoms with Gasteiger partial charge in [0.2, 0.25) is 5.95 Å². The van der Waals surface area contributed by atoms with Gasteiger partial charge in [-0.3, -0.25) is 0 Å². The minimum atomic E-state index is 0.456. The monoisotopic (exact) mass is 352 g/mol. The van der Waals surface area contributed by atoms with Gasteiger partial charge in [-0.15, -0.1) is 0 Å². The van der Waals surface area contributed by atoms with Crippen LogP contribution < -0.4 is 24.8 Å². The van der Waals surface area contributed by atoms with E-state index in [1.54, 1.807) is 33.6 Å². The second kappa shape index (κ2) is 8.06. The van der Waals surface area contributed by atoms with E-state index in [1.807, 2.05) is 42.5 Å². The molecule has 3 aromatic rings. The molecule has 7 heteroatoms. The molecule has 0 atom stereocenters. The van der Waals surface area contributed by atoms with Crippen molar-refractivity contribution < 1.29 is 14.2 Å². The lowest BCUT2D eigenvalue weighted by Crippen LogP contribution is -2.01. The maximum absolute atomic E-state index is 5.34. The number of hydrogen-bond acceptors (Lipinski definition) is 7. The Morgan fingerprint density at radius 3 is 2.31 bits per heavy atom. The molecule has 0 radical (unpaired) electrons. The Balaban J connectivity index is 1.79. The number of para-hydroxylation sites is 2. The van der Waals surface area contributed by atoms with Crippen LogP contribution >= 0.6 is 0 Å². The first-order valence-electron chi connectivity index (χ1n) is 7.95. The van der Waals surface area contributed by atoms with Gasteiger partial charge in [-0.05, 0) is 30.3 Å². The molecule has 0 fully saturated rings. The summed E-state index contributed by atoms with van der Waals surface area (Å²) in [5, 5.41) is 6.39. The molecule has 0 saturated carbocycles. The molecule has 3 rings (SSSR count). The highest BCUT2D eigenvalue weighted by atomic mass is 16.5.